The Kier molecular flexibility index (Phi) is 3.41. The Hall–Kier alpha value is -2.30. The summed E-state index contributed by atoms with van der Waals surface area (Å²) in [6, 6.07) is 7.91. The van der Waals surface area contributed by atoms with E-state index in [1.54, 1.807) is 4.68 Å². The molecule has 0 unspecified atom stereocenters. The van der Waals surface area contributed by atoms with E-state index >= 15 is 0 Å². The van der Waals surface area contributed by atoms with Crippen LogP contribution in [0.15, 0.2) is 36.7 Å². The van der Waals surface area contributed by atoms with Crippen molar-refractivity contribution in [2.24, 2.45) is 7.05 Å². The largest absolute Gasteiger partial charge is 0.373 e. The van der Waals surface area contributed by atoms with Crippen molar-refractivity contribution in [2.75, 3.05) is 11.9 Å². The Morgan fingerprint density at radius 3 is 3.10 bits per heavy atom. The Morgan fingerprint density at radius 1 is 1.50 bits per heavy atom. The topological polar surface area (TPSA) is 59.0 Å². The van der Waals surface area contributed by atoms with Gasteiger partial charge in [-0.15, -0.1) is 0 Å². The minimum atomic E-state index is -0.152. The van der Waals surface area contributed by atoms with Gasteiger partial charge in [0.1, 0.15) is 6.04 Å². The zero-order valence-electron chi connectivity index (χ0n) is 11.5. The first kappa shape index (κ1) is 12.7. The maximum Gasteiger partial charge on any atom is 0.242 e. The maximum absolute atomic E-state index is 12.1. The molecule has 0 spiro atoms. The number of carbonyl (C=O) groups excluding carboxylic acids is 1. The van der Waals surface area contributed by atoms with Gasteiger partial charge in [0.2, 0.25) is 5.91 Å². The van der Waals surface area contributed by atoms with Crippen molar-refractivity contribution in [1.29, 1.82) is 0 Å². The Balaban J connectivity index is 1.49. The van der Waals surface area contributed by atoms with Crippen molar-refractivity contribution in [1.82, 2.24) is 15.1 Å². The van der Waals surface area contributed by atoms with Crippen LogP contribution < -0.4 is 10.6 Å². The third-order valence-corrected chi connectivity index (χ3v) is 3.56. The van der Waals surface area contributed by atoms with Crippen molar-refractivity contribution in [2.45, 2.75) is 18.9 Å². The number of fused-ring (bicyclic) bond motifs is 1. The molecule has 1 aromatic carbocycles. The lowest BCUT2D eigenvalue weighted by atomic mass is 10.1. The molecule has 20 heavy (non-hydrogen) atoms. The third-order valence-electron chi connectivity index (χ3n) is 3.56. The fraction of sp³-hybridized carbons (Fsp3) is 0.333. The molecule has 0 bridgehead atoms. The van der Waals surface area contributed by atoms with Crippen LogP contribution in [0.3, 0.4) is 0 Å². The SMILES string of the molecule is Cn1cc(CCNC(=O)[C@@H]2Cc3ccccc3N2)cn1. The number of hydrogen-bond donors (Lipinski definition) is 2. The molecular formula is C15H18N4O. The van der Waals surface area contributed by atoms with Crippen molar-refractivity contribution >= 4 is 11.6 Å². The Morgan fingerprint density at radius 2 is 2.35 bits per heavy atom. The molecule has 1 aliphatic heterocycles. The second-order valence-corrected chi connectivity index (χ2v) is 5.12. The van der Waals surface area contributed by atoms with E-state index in [9.17, 15) is 4.79 Å². The molecule has 2 heterocycles. The van der Waals surface area contributed by atoms with Gasteiger partial charge in [-0.2, -0.15) is 5.10 Å². The van der Waals surface area contributed by atoms with Crippen LogP contribution in [0.25, 0.3) is 0 Å². The molecule has 1 aromatic heterocycles. The molecule has 1 amide bonds. The lowest BCUT2D eigenvalue weighted by molar-refractivity contribution is -0.121. The van der Waals surface area contributed by atoms with E-state index in [0.717, 1.165) is 24.1 Å². The quantitative estimate of drug-likeness (QED) is 0.875. The molecule has 3 rings (SSSR count). The fourth-order valence-electron chi connectivity index (χ4n) is 2.51. The van der Waals surface area contributed by atoms with E-state index in [-0.39, 0.29) is 11.9 Å². The summed E-state index contributed by atoms with van der Waals surface area (Å²) in [5.74, 6) is 0.0603. The van der Waals surface area contributed by atoms with Crippen molar-refractivity contribution in [3.63, 3.8) is 0 Å². The number of aryl methyl sites for hydroxylation is 1. The number of nitrogens with zero attached hydrogens (tertiary/aromatic N) is 2. The molecule has 1 aliphatic rings. The van der Waals surface area contributed by atoms with Crippen LogP contribution in [0.2, 0.25) is 0 Å². The Bertz CT molecular complexity index is 595. The van der Waals surface area contributed by atoms with Crippen LogP contribution in [-0.2, 0) is 24.7 Å². The monoisotopic (exact) mass is 270 g/mol. The highest BCUT2D eigenvalue weighted by molar-refractivity contribution is 5.87. The molecule has 0 fully saturated rings. The first-order chi connectivity index (χ1) is 9.72. The fourth-order valence-corrected chi connectivity index (χ4v) is 2.51. The summed E-state index contributed by atoms with van der Waals surface area (Å²) in [6.07, 6.45) is 5.36. The zero-order chi connectivity index (χ0) is 13.9. The number of rotatable bonds is 4. The van der Waals surface area contributed by atoms with Gasteiger partial charge in [-0.3, -0.25) is 9.48 Å². The molecule has 2 aromatic rings. The highest BCUT2D eigenvalue weighted by atomic mass is 16.2. The van der Waals surface area contributed by atoms with Crippen molar-refractivity contribution < 1.29 is 4.79 Å². The summed E-state index contributed by atoms with van der Waals surface area (Å²) >= 11 is 0. The number of para-hydroxylation sites is 1. The average molecular weight is 270 g/mol. The predicted molar refractivity (Wildman–Crippen MR) is 77.5 cm³/mol. The summed E-state index contributed by atoms with van der Waals surface area (Å²) in [6.45, 7) is 0.638. The van der Waals surface area contributed by atoms with Crippen LogP contribution in [0, 0.1) is 0 Å². The molecule has 5 heteroatoms. The van der Waals surface area contributed by atoms with E-state index in [2.05, 4.69) is 21.8 Å². The van der Waals surface area contributed by atoms with Gasteiger partial charge in [0.15, 0.2) is 0 Å². The number of anilines is 1. The van der Waals surface area contributed by atoms with Gasteiger partial charge in [-0.05, 0) is 23.6 Å². The molecule has 5 nitrogen and oxygen atoms in total. The van der Waals surface area contributed by atoms with E-state index in [0.29, 0.717) is 6.54 Å². The average Bonchev–Trinajstić information content (AvgIpc) is 3.04. The van der Waals surface area contributed by atoms with Gasteiger partial charge >= 0.3 is 0 Å². The summed E-state index contributed by atoms with van der Waals surface area (Å²) in [4.78, 5) is 12.1. The van der Waals surface area contributed by atoms with E-state index in [1.807, 2.05) is 37.6 Å². The number of amides is 1. The second-order valence-electron chi connectivity index (χ2n) is 5.12. The number of carbonyl (C=O) groups is 1. The van der Waals surface area contributed by atoms with Crippen LogP contribution in [0.5, 0.6) is 0 Å². The summed E-state index contributed by atoms with van der Waals surface area (Å²) in [5.41, 5.74) is 3.41. The number of nitrogens with one attached hydrogen (secondary N) is 2. The molecular weight excluding hydrogens is 252 g/mol. The van der Waals surface area contributed by atoms with Gasteiger partial charge in [0.25, 0.3) is 0 Å². The molecule has 0 saturated heterocycles. The predicted octanol–water partition coefficient (Wildman–Crippen LogP) is 1.12. The van der Waals surface area contributed by atoms with Gasteiger partial charge in [-0.25, -0.2) is 0 Å². The minimum absolute atomic E-state index is 0.0603. The third kappa shape index (κ3) is 2.66. The van der Waals surface area contributed by atoms with E-state index < -0.39 is 0 Å². The first-order valence-corrected chi connectivity index (χ1v) is 6.82. The van der Waals surface area contributed by atoms with E-state index in [1.165, 1.54) is 5.56 Å². The summed E-state index contributed by atoms with van der Waals surface area (Å²) in [5, 5.41) is 10.3. The minimum Gasteiger partial charge on any atom is -0.373 e. The molecule has 104 valence electrons. The lowest BCUT2D eigenvalue weighted by Crippen LogP contribution is -2.39. The van der Waals surface area contributed by atoms with Gasteiger partial charge < -0.3 is 10.6 Å². The van der Waals surface area contributed by atoms with Crippen molar-refractivity contribution in [3.05, 3.63) is 47.8 Å². The van der Waals surface area contributed by atoms with Crippen LogP contribution in [0.4, 0.5) is 5.69 Å². The van der Waals surface area contributed by atoms with Gasteiger partial charge in [0.05, 0.1) is 6.20 Å². The first-order valence-electron chi connectivity index (χ1n) is 6.82. The highest BCUT2D eigenvalue weighted by Crippen LogP contribution is 2.24. The van der Waals surface area contributed by atoms with Gasteiger partial charge in [0, 0.05) is 31.9 Å². The maximum atomic E-state index is 12.1. The highest BCUT2D eigenvalue weighted by Gasteiger charge is 2.25. The molecule has 0 radical (unpaired) electrons. The molecule has 1 atom stereocenters. The number of aromatic nitrogens is 2. The standard InChI is InChI=1S/C15H18N4O/c1-19-10-11(9-17-19)6-7-16-15(20)14-8-12-4-2-3-5-13(12)18-14/h2-5,9-10,14,18H,6-8H2,1H3,(H,16,20)/t14-/m0/s1. The van der Waals surface area contributed by atoms with Crippen LogP contribution in [-0.4, -0.2) is 28.3 Å². The number of hydrogen-bond acceptors (Lipinski definition) is 3. The summed E-state index contributed by atoms with van der Waals surface area (Å²) < 4.78 is 1.77. The molecule has 0 saturated carbocycles. The van der Waals surface area contributed by atoms with Gasteiger partial charge in [-0.1, -0.05) is 18.2 Å². The van der Waals surface area contributed by atoms with Crippen LogP contribution >= 0.6 is 0 Å². The molecule has 0 aliphatic carbocycles. The normalized spacial score (nSPS) is 16.6. The number of benzene rings is 1. The second kappa shape index (κ2) is 5.36. The zero-order valence-corrected chi connectivity index (χ0v) is 11.5. The van der Waals surface area contributed by atoms with Crippen molar-refractivity contribution in [3.8, 4) is 0 Å². The molecule has 2 N–H and O–H groups in total. The lowest BCUT2D eigenvalue weighted by Gasteiger charge is -2.11. The van der Waals surface area contributed by atoms with E-state index in [4.69, 9.17) is 0 Å². The smallest absolute Gasteiger partial charge is 0.242 e. The summed E-state index contributed by atoms with van der Waals surface area (Å²) in [7, 11) is 1.89. The van der Waals surface area contributed by atoms with Crippen LogP contribution in [0.1, 0.15) is 11.1 Å². The Labute approximate surface area is 118 Å².